The Labute approximate surface area is 76.6 Å². The average Bonchev–Trinajstić information content (AvgIpc) is 2.46. The van der Waals surface area contributed by atoms with Crippen LogP contribution in [0.5, 0.6) is 0 Å². The maximum atomic E-state index is 11.1. The fourth-order valence-electron chi connectivity index (χ4n) is 1.31. The number of carbonyl (C=O) groups excluding carboxylic acids is 1. The van der Waals surface area contributed by atoms with Gasteiger partial charge in [-0.2, -0.15) is 0 Å². The van der Waals surface area contributed by atoms with E-state index in [9.17, 15) is 4.79 Å². The molecular formula is C9H7BN2O. The standard InChI is InChI=1S/C9H7BN2O/c1-5(13)8-4-12-9-7(8)2-6(10)3-11-9/h2-4H,1H3,(H,11,12). The van der Waals surface area contributed by atoms with Crippen LogP contribution in [-0.4, -0.2) is 23.6 Å². The summed E-state index contributed by atoms with van der Waals surface area (Å²) in [5.74, 6) is 0.0126. The van der Waals surface area contributed by atoms with Gasteiger partial charge in [-0.15, -0.1) is 0 Å². The van der Waals surface area contributed by atoms with Crippen LogP contribution in [0.1, 0.15) is 17.3 Å². The Morgan fingerprint density at radius 3 is 3.08 bits per heavy atom. The lowest BCUT2D eigenvalue weighted by atomic mass is 9.97. The van der Waals surface area contributed by atoms with E-state index in [4.69, 9.17) is 7.85 Å². The van der Waals surface area contributed by atoms with Gasteiger partial charge in [-0.25, -0.2) is 4.98 Å². The van der Waals surface area contributed by atoms with E-state index in [2.05, 4.69) is 9.97 Å². The highest BCUT2D eigenvalue weighted by molar-refractivity contribution is 6.33. The molecule has 0 saturated carbocycles. The molecule has 0 aliphatic carbocycles. The molecule has 0 aliphatic heterocycles. The SMILES string of the molecule is [B]c1cnc2[nH]cc(C(C)=O)c2c1. The monoisotopic (exact) mass is 170 g/mol. The summed E-state index contributed by atoms with van der Waals surface area (Å²) in [5, 5.41) is 0.785. The zero-order valence-electron chi connectivity index (χ0n) is 7.16. The molecule has 0 aromatic carbocycles. The summed E-state index contributed by atoms with van der Waals surface area (Å²) in [6.07, 6.45) is 3.21. The molecule has 0 fully saturated rings. The average molecular weight is 170 g/mol. The molecule has 1 N–H and O–H groups in total. The summed E-state index contributed by atoms with van der Waals surface area (Å²) in [6.45, 7) is 1.52. The summed E-state index contributed by atoms with van der Waals surface area (Å²) in [4.78, 5) is 18.1. The Balaban J connectivity index is 2.79. The summed E-state index contributed by atoms with van der Waals surface area (Å²) < 4.78 is 0. The number of nitrogens with zero attached hydrogens (tertiary/aromatic N) is 1. The lowest BCUT2D eigenvalue weighted by Crippen LogP contribution is -2.02. The molecule has 0 unspecified atom stereocenters. The first-order chi connectivity index (χ1) is 6.18. The van der Waals surface area contributed by atoms with E-state index in [0.717, 1.165) is 5.39 Å². The highest BCUT2D eigenvalue weighted by atomic mass is 16.1. The first-order valence-electron chi connectivity index (χ1n) is 3.92. The van der Waals surface area contributed by atoms with Crippen molar-refractivity contribution < 1.29 is 4.79 Å². The molecule has 2 heterocycles. The van der Waals surface area contributed by atoms with Crippen LogP contribution in [0.25, 0.3) is 11.0 Å². The summed E-state index contributed by atoms with van der Waals surface area (Å²) in [7, 11) is 5.56. The van der Waals surface area contributed by atoms with E-state index in [1.165, 1.54) is 6.92 Å². The van der Waals surface area contributed by atoms with Crippen molar-refractivity contribution in [2.45, 2.75) is 6.92 Å². The number of rotatable bonds is 1. The highest BCUT2D eigenvalue weighted by Gasteiger charge is 2.07. The van der Waals surface area contributed by atoms with E-state index in [-0.39, 0.29) is 5.78 Å². The van der Waals surface area contributed by atoms with Crippen molar-refractivity contribution in [3.63, 3.8) is 0 Å². The molecule has 0 saturated heterocycles. The molecule has 0 bridgehead atoms. The van der Waals surface area contributed by atoms with Crippen LogP contribution >= 0.6 is 0 Å². The van der Waals surface area contributed by atoms with Crippen LogP contribution < -0.4 is 5.46 Å². The minimum absolute atomic E-state index is 0.0126. The largest absolute Gasteiger partial charge is 0.345 e. The van der Waals surface area contributed by atoms with E-state index in [0.29, 0.717) is 16.7 Å². The van der Waals surface area contributed by atoms with Gasteiger partial charge in [-0.3, -0.25) is 4.79 Å². The van der Waals surface area contributed by atoms with Gasteiger partial charge in [0, 0.05) is 23.3 Å². The molecule has 0 aliphatic rings. The van der Waals surface area contributed by atoms with Gasteiger partial charge in [0.2, 0.25) is 0 Å². The zero-order valence-corrected chi connectivity index (χ0v) is 7.16. The molecule has 2 aromatic rings. The molecule has 0 spiro atoms. The highest BCUT2D eigenvalue weighted by Crippen LogP contribution is 2.14. The number of H-pyrrole nitrogens is 1. The van der Waals surface area contributed by atoms with E-state index in [1.807, 2.05) is 0 Å². The van der Waals surface area contributed by atoms with Crippen molar-refractivity contribution in [2.75, 3.05) is 0 Å². The van der Waals surface area contributed by atoms with Crippen molar-refractivity contribution in [2.24, 2.45) is 0 Å². The second kappa shape index (κ2) is 2.73. The predicted molar refractivity (Wildman–Crippen MR) is 51.5 cm³/mol. The Bertz CT molecular complexity index is 475. The van der Waals surface area contributed by atoms with Crippen LogP contribution in [-0.2, 0) is 0 Å². The van der Waals surface area contributed by atoms with E-state index >= 15 is 0 Å². The van der Waals surface area contributed by atoms with Crippen LogP contribution in [0.2, 0.25) is 0 Å². The molecule has 62 valence electrons. The second-order valence-corrected chi connectivity index (χ2v) is 2.92. The van der Waals surface area contributed by atoms with Gasteiger partial charge in [0.15, 0.2) is 5.78 Å². The fourth-order valence-corrected chi connectivity index (χ4v) is 1.31. The van der Waals surface area contributed by atoms with Crippen molar-refractivity contribution in [1.82, 2.24) is 9.97 Å². The van der Waals surface area contributed by atoms with Gasteiger partial charge in [0.25, 0.3) is 0 Å². The molecule has 0 amide bonds. The zero-order chi connectivity index (χ0) is 9.42. The van der Waals surface area contributed by atoms with Gasteiger partial charge in [-0.05, 0) is 6.92 Å². The van der Waals surface area contributed by atoms with Crippen molar-refractivity contribution in [3.05, 3.63) is 24.0 Å². The minimum Gasteiger partial charge on any atom is -0.345 e. The maximum Gasteiger partial charge on any atom is 0.162 e. The third kappa shape index (κ3) is 1.24. The summed E-state index contributed by atoms with van der Waals surface area (Å²) in [5.41, 5.74) is 1.89. The fraction of sp³-hybridized carbons (Fsp3) is 0.111. The molecule has 13 heavy (non-hydrogen) atoms. The van der Waals surface area contributed by atoms with Crippen LogP contribution in [0.15, 0.2) is 18.5 Å². The van der Waals surface area contributed by atoms with Crippen molar-refractivity contribution in [1.29, 1.82) is 0 Å². The Morgan fingerprint density at radius 2 is 2.38 bits per heavy atom. The number of nitrogens with one attached hydrogen (secondary N) is 1. The Hall–Kier alpha value is -1.58. The van der Waals surface area contributed by atoms with Gasteiger partial charge in [-0.1, -0.05) is 11.5 Å². The smallest absolute Gasteiger partial charge is 0.162 e. The van der Waals surface area contributed by atoms with E-state index < -0.39 is 0 Å². The number of hydrogen-bond donors (Lipinski definition) is 1. The number of pyridine rings is 1. The third-order valence-corrected chi connectivity index (χ3v) is 1.93. The lowest BCUT2D eigenvalue weighted by molar-refractivity contribution is 0.101. The third-order valence-electron chi connectivity index (χ3n) is 1.93. The normalized spacial score (nSPS) is 10.5. The topological polar surface area (TPSA) is 45.8 Å². The number of ketones is 1. The van der Waals surface area contributed by atoms with E-state index in [1.54, 1.807) is 18.5 Å². The number of aromatic nitrogens is 2. The summed E-state index contributed by atoms with van der Waals surface area (Å²) in [6, 6.07) is 1.75. The first-order valence-corrected chi connectivity index (χ1v) is 3.92. The van der Waals surface area contributed by atoms with Crippen LogP contribution in [0, 0.1) is 0 Å². The second-order valence-electron chi connectivity index (χ2n) is 2.92. The molecule has 2 aromatic heterocycles. The Morgan fingerprint density at radius 1 is 1.62 bits per heavy atom. The maximum absolute atomic E-state index is 11.1. The number of Topliss-reactive ketones (excluding diaryl/α,β-unsaturated/α-hetero) is 1. The van der Waals surface area contributed by atoms with Gasteiger partial charge >= 0.3 is 0 Å². The lowest BCUT2D eigenvalue weighted by Gasteiger charge is -1.94. The molecule has 0 atom stereocenters. The predicted octanol–water partition coefficient (Wildman–Crippen LogP) is 0.559. The molecule has 3 nitrogen and oxygen atoms in total. The van der Waals surface area contributed by atoms with Gasteiger partial charge in [0.1, 0.15) is 13.5 Å². The van der Waals surface area contributed by atoms with Crippen LogP contribution in [0.4, 0.5) is 0 Å². The minimum atomic E-state index is 0.0126. The molecule has 2 rings (SSSR count). The summed E-state index contributed by atoms with van der Waals surface area (Å²) >= 11 is 0. The van der Waals surface area contributed by atoms with Crippen molar-refractivity contribution >= 4 is 30.1 Å². The number of fused-ring (bicyclic) bond motifs is 1. The number of aromatic amines is 1. The Kier molecular flexibility index (Phi) is 1.69. The molecular weight excluding hydrogens is 163 g/mol. The van der Waals surface area contributed by atoms with Crippen molar-refractivity contribution in [3.8, 4) is 0 Å². The van der Waals surface area contributed by atoms with Crippen LogP contribution in [0.3, 0.4) is 0 Å². The quantitative estimate of drug-likeness (QED) is 0.501. The van der Waals surface area contributed by atoms with Gasteiger partial charge < -0.3 is 4.98 Å². The molecule has 2 radical (unpaired) electrons. The number of hydrogen-bond acceptors (Lipinski definition) is 2. The number of carbonyl (C=O) groups is 1. The first kappa shape index (κ1) is 8.04. The molecule has 4 heteroatoms. The van der Waals surface area contributed by atoms with Gasteiger partial charge in [0.05, 0.1) is 0 Å².